The molecule has 0 atom stereocenters. The van der Waals surface area contributed by atoms with Gasteiger partial charge in [-0.15, -0.1) is 0 Å². The van der Waals surface area contributed by atoms with Crippen molar-refractivity contribution in [1.82, 2.24) is 9.97 Å². The summed E-state index contributed by atoms with van der Waals surface area (Å²) < 4.78 is 5.14. The minimum Gasteiger partial charge on any atom is -0.381 e. The van der Waals surface area contributed by atoms with E-state index in [9.17, 15) is 0 Å². The van der Waals surface area contributed by atoms with Crippen LogP contribution in [0.25, 0.3) is 0 Å². The molecule has 1 aromatic heterocycles. The van der Waals surface area contributed by atoms with Crippen LogP contribution in [-0.4, -0.2) is 23.2 Å². The Morgan fingerprint density at radius 3 is 1.94 bits per heavy atom. The van der Waals surface area contributed by atoms with Crippen LogP contribution in [-0.2, 0) is 4.74 Å². The zero-order valence-electron chi connectivity index (χ0n) is 11.2. The molecule has 1 fully saturated rings. The second-order valence-corrected chi connectivity index (χ2v) is 4.18. The van der Waals surface area contributed by atoms with E-state index in [0.29, 0.717) is 5.02 Å². The quantitative estimate of drug-likeness (QED) is 0.708. The fourth-order valence-corrected chi connectivity index (χ4v) is 1.29. The lowest BCUT2D eigenvalue weighted by Gasteiger charge is -2.16. The summed E-state index contributed by atoms with van der Waals surface area (Å²) in [6, 6.07) is 0. The first-order chi connectivity index (χ1) is 8.18. The monoisotopic (exact) mass is 258 g/mol. The summed E-state index contributed by atoms with van der Waals surface area (Å²) in [5.74, 6) is 1.66. The van der Waals surface area contributed by atoms with Gasteiger partial charge >= 0.3 is 0 Å². The molecule has 0 radical (unpaired) electrons. The van der Waals surface area contributed by atoms with Crippen LogP contribution in [0.2, 0.25) is 5.02 Å². The van der Waals surface area contributed by atoms with E-state index in [4.69, 9.17) is 16.3 Å². The van der Waals surface area contributed by atoms with E-state index >= 15 is 0 Å². The lowest BCUT2D eigenvalue weighted by Crippen LogP contribution is -2.12. The normalized spacial score (nSPS) is 15.1. The molecule has 1 aliphatic heterocycles. The third-order valence-electron chi connectivity index (χ3n) is 2.26. The Bertz CT molecular complexity index is 250. The van der Waals surface area contributed by atoms with Crippen LogP contribution in [0.4, 0.5) is 0 Å². The lowest BCUT2D eigenvalue weighted by atomic mass is 10.0. The number of rotatable bonds is 0. The number of aromatic nitrogens is 2. The molecule has 1 saturated heterocycles. The van der Waals surface area contributed by atoms with Gasteiger partial charge in [-0.1, -0.05) is 32.4 Å². The van der Waals surface area contributed by atoms with Crippen LogP contribution in [0.3, 0.4) is 0 Å². The molecule has 0 spiro atoms. The van der Waals surface area contributed by atoms with Gasteiger partial charge in [-0.2, -0.15) is 0 Å². The maximum absolute atomic E-state index is 5.49. The van der Waals surface area contributed by atoms with E-state index in [1.54, 1.807) is 12.4 Å². The van der Waals surface area contributed by atoms with Gasteiger partial charge in [-0.3, -0.25) is 0 Å². The lowest BCUT2D eigenvalue weighted by molar-refractivity contribution is 0.0716. The molecule has 0 aliphatic carbocycles. The van der Waals surface area contributed by atoms with E-state index in [0.717, 1.165) is 25.0 Å². The first-order valence-corrected chi connectivity index (χ1v) is 6.58. The maximum atomic E-state index is 5.49. The highest BCUT2D eigenvalue weighted by atomic mass is 35.5. The third kappa shape index (κ3) is 9.07. The van der Waals surface area contributed by atoms with Crippen LogP contribution in [0.5, 0.6) is 0 Å². The number of hydrogen-bond donors (Lipinski definition) is 0. The minimum absolute atomic E-state index is 0.579. The van der Waals surface area contributed by atoms with Crippen LogP contribution in [0.15, 0.2) is 12.4 Å². The number of hydrogen-bond acceptors (Lipinski definition) is 3. The van der Waals surface area contributed by atoms with E-state index in [-0.39, 0.29) is 0 Å². The summed E-state index contributed by atoms with van der Waals surface area (Å²) >= 11 is 5.49. The van der Waals surface area contributed by atoms with Gasteiger partial charge in [0.1, 0.15) is 5.82 Å². The van der Waals surface area contributed by atoms with Crippen LogP contribution in [0.1, 0.15) is 39.4 Å². The molecule has 0 unspecified atom stereocenters. The average Bonchev–Trinajstić information content (AvgIpc) is 2.37. The van der Waals surface area contributed by atoms with Gasteiger partial charge in [-0.25, -0.2) is 9.97 Å². The van der Waals surface area contributed by atoms with Crippen molar-refractivity contribution in [1.29, 1.82) is 0 Å². The molecule has 4 heteroatoms. The molecule has 17 heavy (non-hydrogen) atoms. The molecule has 0 saturated carbocycles. The van der Waals surface area contributed by atoms with E-state index in [1.165, 1.54) is 12.8 Å². The predicted octanol–water partition coefficient (Wildman–Crippen LogP) is 3.90. The van der Waals surface area contributed by atoms with E-state index < -0.39 is 0 Å². The Labute approximate surface area is 110 Å². The predicted molar refractivity (Wildman–Crippen MR) is 72.3 cm³/mol. The Morgan fingerprint density at radius 2 is 1.65 bits per heavy atom. The fraction of sp³-hybridized carbons (Fsp3) is 0.692. The second-order valence-electron chi connectivity index (χ2n) is 3.74. The first-order valence-electron chi connectivity index (χ1n) is 6.20. The highest BCUT2D eigenvalue weighted by Gasteiger charge is 2.06. The minimum atomic E-state index is 0.579. The van der Waals surface area contributed by atoms with Gasteiger partial charge in [0.25, 0.3) is 0 Å². The molecule has 0 bridgehead atoms. The van der Waals surface area contributed by atoms with Gasteiger partial charge in [0.15, 0.2) is 0 Å². The van der Waals surface area contributed by atoms with Crippen molar-refractivity contribution in [3.05, 3.63) is 23.2 Å². The molecule has 2 heterocycles. The van der Waals surface area contributed by atoms with E-state index in [2.05, 4.69) is 16.9 Å². The fourth-order valence-electron chi connectivity index (χ4n) is 1.19. The summed E-state index contributed by atoms with van der Waals surface area (Å²) in [5, 5.41) is 0.579. The third-order valence-corrected chi connectivity index (χ3v) is 2.45. The van der Waals surface area contributed by atoms with Crippen molar-refractivity contribution in [3.63, 3.8) is 0 Å². The average molecular weight is 259 g/mol. The van der Waals surface area contributed by atoms with Gasteiger partial charge in [0.05, 0.1) is 5.02 Å². The summed E-state index contributed by atoms with van der Waals surface area (Å²) in [4.78, 5) is 7.67. The number of aryl methyl sites for hydroxylation is 1. The SMILES string of the molecule is CC.CC1CCOCC1.Cc1ncc(Cl)cn1. The topological polar surface area (TPSA) is 35.0 Å². The highest BCUT2D eigenvalue weighted by Crippen LogP contribution is 2.11. The molecular formula is C13H23ClN2O. The Kier molecular flexibility index (Phi) is 10.1. The number of ether oxygens (including phenoxy) is 1. The molecule has 98 valence electrons. The maximum Gasteiger partial charge on any atom is 0.125 e. The van der Waals surface area contributed by atoms with Crippen molar-refractivity contribution in [2.75, 3.05) is 13.2 Å². The van der Waals surface area contributed by atoms with Crippen LogP contribution < -0.4 is 0 Å². The summed E-state index contributed by atoms with van der Waals surface area (Å²) in [5.41, 5.74) is 0. The molecule has 0 amide bonds. The van der Waals surface area contributed by atoms with Gasteiger partial charge in [0.2, 0.25) is 0 Å². The Hall–Kier alpha value is -0.670. The Balaban J connectivity index is 0.000000265. The number of nitrogens with zero attached hydrogens (tertiary/aromatic N) is 2. The number of halogens is 1. The smallest absolute Gasteiger partial charge is 0.125 e. The standard InChI is InChI=1S/C6H12O.C5H5ClN2.C2H6/c1-6-2-4-7-5-3-6;1-4-7-2-5(6)3-8-4;1-2/h6H,2-5H2,1H3;2-3H,1H3;1-2H3. The van der Waals surface area contributed by atoms with Crippen LogP contribution >= 0.6 is 11.6 Å². The van der Waals surface area contributed by atoms with Gasteiger partial charge in [0, 0.05) is 25.6 Å². The summed E-state index contributed by atoms with van der Waals surface area (Å²) in [6.45, 7) is 10.1. The summed E-state index contributed by atoms with van der Waals surface area (Å²) in [7, 11) is 0. The molecule has 3 nitrogen and oxygen atoms in total. The Morgan fingerprint density at radius 1 is 1.18 bits per heavy atom. The second kappa shape index (κ2) is 10.5. The largest absolute Gasteiger partial charge is 0.381 e. The zero-order chi connectivity index (χ0) is 13.1. The van der Waals surface area contributed by atoms with E-state index in [1.807, 2.05) is 20.8 Å². The summed E-state index contributed by atoms with van der Waals surface area (Å²) in [6.07, 6.45) is 5.67. The molecule has 1 aromatic rings. The van der Waals surface area contributed by atoms with Crippen molar-refractivity contribution < 1.29 is 4.74 Å². The van der Waals surface area contributed by atoms with Crippen molar-refractivity contribution in [2.24, 2.45) is 5.92 Å². The zero-order valence-corrected chi connectivity index (χ0v) is 12.0. The van der Waals surface area contributed by atoms with Crippen molar-refractivity contribution >= 4 is 11.6 Å². The molecule has 1 aliphatic rings. The molecule has 2 rings (SSSR count). The molecule has 0 aromatic carbocycles. The van der Waals surface area contributed by atoms with Crippen molar-refractivity contribution in [2.45, 2.75) is 40.5 Å². The van der Waals surface area contributed by atoms with Gasteiger partial charge in [-0.05, 0) is 25.7 Å². The molecular weight excluding hydrogens is 236 g/mol. The molecule has 0 N–H and O–H groups in total. The first kappa shape index (κ1) is 16.3. The highest BCUT2D eigenvalue weighted by molar-refractivity contribution is 6.30. The van der Waals surface area contributed by atoms with Gasteiger partial charge < -0.3 is 4.74 Å². The van der Waals surface area contributed by atoms with Crippen molar-refractivity contribution in [3.8, 4) is 0 Å². The van der Waals surface area contributed by atoms with Crippen LogP contribution in [0, 0.1) is 12.8 Å².